The van der Waals surface area contributed by atoms with E-state index in [9.17, 15) is 14.0 Å². The fourth-order valence-electron chi connectivity index (χ4n) is 4.06. The molecule has 126 valence electrons. The first-order chi connectivity index (χ1) is 11.5. The maximum absolute atomic E-state index is 14.7. The van der Waals surface area contributed by atoms with Crippen LogP contribution in [0.4, 0.5) is 10.1 Å². The van der Waals surface area contributed by atoms with Gasteiger partial charge in [-0.2, -0.15) is 0 Å². The van der Waals surface area contributed by atoms with Gasteiger partial charge in [0.25, 0.3) is 5.56 Å². The van der Waals surface area contributed by atoms with Crippen LogP contribution in [0.2, 0.25) is 5.02 Å². The molecule has 2 aromatic rings. The zero-order chi connectivity index (χ0) is 16.7. The number of hydrogen-bond donors (Lipinski definition) is 2. The number of aromatic amines is 1. The number of halogens is 2. The van der Waals surface area contributed by atoms with E-state index in [1.165, 1.54) is 10.6 Å². The molecular formula is C16H16ClFN4O2. The minimum absolute atomic E-state index is 0.0214. The molecule has 1 aliphatic heterocycles. The Hall–Kier alpha value is -1.86. The van der Waals surface area contributed by atoms with Crippen LogP contribution in [0.1, 0.15) is 18.9 Å². The van der Waals surface area contributed by atoms with Crippen molar-refractivity contribution in [2.75, 3.05) is 18.0 Å². The highest BCUT2D eigenvalue weighted by Crippen LogP contribution is 2.48. The summed E-state index contributed by atoms with van der Waals surface area (Å²) >= 11 is 6.52. The third-order valence-corrected chi connectivity index (χ3v) is 5.94. The van der Waals surface area contributed by atoms with Gasteiger partial charge in [-0.25, -0.2) is 9.18 Å². The van der Waals surface area contributed by atoms with Gasteiger partial charge in [0.2, 0.25) is 0 Å². The number of nitrogens with two attached hydrogens (primary N) is 1. The first-order valence-corrected chi connectivity index (χ1v) is 8.52. The standard InChI is InChI=1S/C16H16ClFN4O2/c17-11-13-7(15(23)20-16(24)22(13)6-1-2-6)3-10(18)14(11)21-4-8-9(5-21)12(8)19/h3,6,8-9,12H,1-2,4-5,19H2,(H,20,23,24). The Morgan fingerprint density at radius 2 is 1.92 bits per heavy atom. The molecule has 6 nitrogen and oxygen atoms in total. The normalized spacial score (nSPS) is 28.5. The molecule has 2 atom stereocenters. The van der Waals surface area contributed by atoms with Crippen LogP contribution in [0.25, 0.3) is 10.9 Å². The average Bonchev–Trinajstić information content (AvgIpc) is 3.40. The van der Waals surface area contributed by atoms with Crippen molar-refractivity contribution >= 4 is 28.2 Å². The lowest BCUT2D eigenvalue weighted by atomic mass is 10.1. The van der Waals surface area contributed by atoms with E-state index in [-0.39, 0.29) is 28.2 Å². The van der Waals surface area contributed by atoms with Gasteiger partial charge in [-0.05, 0) is 30.7 Å². The third kappa shape index (κ3) is 1.85. The second-order valence-electron chi connectivity index (χ2n) is 7.09. The summed E-state index contributed by atoms with van der Waals surface area (Å²) in [5.41, 5.74) is 5.48. The van der Waals surface area contributed by atoms with Crippen LogP contribution in [-0.4, -0.2) is 28.7 Å². The maximum atomic E-state index is 14.7. The first-order valence-electron chi connectivity index (χ1n) is 8.14. The van der Waals surface area contributed by atoms with Crippen molar-refractivity contribution in [3.8, 4) is 0 Å². The zero-order valence-electron chi connectivity index (χ0n) is 12.8. The van der Waals surface area contributed by atoms with E-state index in [1.807, 2.05) is 4.90 Å². The molecule has 0 spiro atoms. The minimum atomic E-state index is -0.606. The summed E-state index contributed by atoms with van der Waals surface area (Å²) in [7, 11) is 0. The summed E-state index contributed by atoms with van der Waals surface area (Å²) in [6.45, 7) is 1.32. The molecule has 0 radical (unpaired) electrons. The van der Waals surface area contributed by atoms with Crippen LogP contribution in [-0.2, 0) is 0 Å². The van der Waals surface area contributed by atoms with Gasteiger partial charge < -0.3 is 10.6 Å². The van der Waals surface area contributed by atoms with Gasteiger partial charge >= 0.3 is 5.69 Å². The molecule has 3 N–H and O–H groups in total. The van der Waals surface area contributed by atoms with Crippen molar-refractivity contribution in [3.05, 3.63) is 37.7 Å². The molecule has 3 fully saturated rings. The molecule has 1 aromatic carbocycles. The van der Waals surface area contributed by atoms with Gasteiger partial charge in [-0.15, -0.1) is 0 Å². The van der Waals surface area contributed by atoms with Crippen LogP contribution in [0.3, 0.4) is 0 Å². The van der Waals surface area contributed by atoms with Gasteiger partial charge in [-0.1, -0.05) is 11.6 Å². The molecule has 0 bridgehead atoms. The number of fused-ring (bicyclic) bond motifs is 2. The quantitative estimate of drug-likeness (QED) is 0.852. The highest BCUT2D eigenvalue weighted by molar-refractivity contribution is 6.38. The highest BCUT2D eigenvalue weighted by Gasteiger charge is 2.54. The Balaban J connectivity index is 1.76. The molecule has 1 saturated heterocycles. The molecule has 2 saturated carbocycles. The van der Waals surface area contributed by atoms with E-state index >= 15 is 0 Å². The summed E-state index contributed by atoms with van der Waals surface area (Å²) < 4.78 is 16.2. The number of piperidine rings is 1. The topological polar surface area (TPSA) is 84.1 Å². The molecule has 2 heterocycles. The summed E-state index contributed by atoms with van der Waals surface area (Å²) in [6, 6.07) is 1.40. The predicted octanol–water partition coefficient (Wildman–Crippen LogP) is 1.21. The van der Waals surface area contributed by atoms with Gasteiger partial charge in [-0.3, -0.25) is 14.3 Å². The van der Waals surface area contributed by atoms with Gasteiger partial charge in [0.1, 0.15) is 5.82 Å². The molecular weight excluding hydrogens is 335 g/mol. The van der Waals surface area contributed by atoms with Gasteiger partial charge in [0, 0.05) is 25.2 Å². The number of anilines is 1. The second-order valence-corrected chi connectivity index (χ2v) is 7.47. The van der Waals surface area contributed by atoms with E-state index in [2.05, 4.69) is 4.98 Å². The lowest BCUT2D eigenvalue weighted by Crippen LogP contribution is -2.32. The highest BCUT2D eigenvalue weighted by atomic mass is 35.5. The van der Waals surface area contributed by atoms with Crippen molar-refractivity contribution in [2.45, 2.75) is 24.9 Å². The fraction of sp³-hybridized carbons (Fsp3) is 0.500. The molecule has 2 unspecified atom stereocenters. The Morgan fingerprint density at radius 1 is 1.25 bits per heavy atom. The summed E-state index contributed by atoms with van der Waals surface area (Å²) in [5, 5.41) is 0.267. The lowest BCUT2D eigenvalue weighted by Gasteiger charge is -2.24. The summed E-state index contributed by atoms with van der Waals surface area (Å²) in [4.78, 5) is 28.5. The first kappa shape index (κ1) is 14.5. The minimum Gasteiger partial charge on any atom is -0.367 e. The van der Waals surface area contributed by atoms with Crippen molar-refractivity contribution < 1.29 is 4.39 Å². The Kier molecular flexibility index (Phi) is 2.78. The van der Waals surface area contributed by atoms with E-state index in [4.69, 9.17) is 17.3 Å². The van der Waals surface area contributed by atoms with Crippen LogP contribution in [0, 0.1) is 17.7 Å². The molecule has 2 aliphatic carbocycles. The number of nitrogens with one attached hydrogen (secondary N) is 1. The SMILES string of the molecule is NC1C2CN(c3c(F)cc4c(=O)[nH]c(=O)n(C5CC5)c4c3Cl)CC12. The van der Waals surface area contributed by atoms with Crippen molar-refractivity contribution in [3.63, 3.8) is 0 Å². The Labute approximate surface area is 141 Å². The molecule has 24 heavy (non-hydrogen) atoms. The molecule has 8 heteroatoms. The summed E-state index contributed by atoms with van der Waals surface area (Å²) in [6.07, 6.45) is 1.71. The fourth-order valence-corrected chi connectivity index (χ4v) is 4.46. The molecule has 5 rings (SSSR count). The van der Waals surface area contributed by atoms with Crippen molar-refractivity contribution in [2.24, 2.45) is 17.6 Å². The number of aromatic nitrogens is 2. The van der Waals surface area contributed by atoms with E-state index < -0.39 is 17.1 Å². The number of benzene rings is 1. The Bertz CT molecular complexity index is 984. The van der Waals surface area contributed by atoms with E-state index in [1.54, 1.807) is 0 Å². The number of hydrogen-bond acceptors (Lipinski definition) is 4. The van der Waals surface area contributed by atoms with E-state index in [0.29, 0.717) is 30.4 Å². The second kappa shape index (κ2) is 4.61. The average molecular weight is 351 g/mol. The molecule has 0 amide bonds. The maximum Gasteiger partial charge on any atom is 0.329 e. The van der Waals surface area contributed by atoms with Gasteiger partial charge in [0.05, 0.1) is 21.6 Å². The van der Waals surface area contributed by atoms with Gasteiger partial charge in [0.15, 0.2) is 0 Å². The monoisotopic (exact) mass is 350 g/mol. The number of nitrogens with zero attached hydrogens (tertiary/aromatic N) is 2. The molecule has 3 aliphatic rings. The smallest absolute Gasteiger partial charge is 0.329 e. The van der Waals surface area contributed by atoms with Crippen LogP contribution < -0.4 is 21.9 Å². The van der Waals surface area contributed by atoms with Crippen LogP contribution >= 0.6 is 11.6 Å². The van der Waals surface area contributed by atoms with Crippen molar-refractivity contribution in [1.82, 2.24) is 9.55 Å². The third-order valence-electron chi connectivity index (χ3n) is 5.58. The lowest BCUT2D eigenvalue weighted by molar-refractivity contribution is 0.616. The molecule has 1 aromatic heterocycles. The van der Waals surface area contributed by atoms with Crippen LogP contribution in [0.5, 0.6) is 0 Å². The number of rotatable bonds is 2. The van der Waals surface area contributed by atoms with Crippen LogP contribution in [0.15, 0.2) is 15.7 Å². The Morgan fingerprint density at radius 3 is 2.54 bits per heavy atom. The van der Waals surface area contributed by atoms with E-state index in [0.717, 1.165) is 12.8 Å². The zero-order valence-corrected chi connectivity index (χ0v) is 13.5. The number of H-pyrrole nitrogens is 1. The predicted molar refractivity (Wildman–Crippen MR) is 89.2 cm³/mol. The van der Waals surface area contributed by atoms with Crippen molar-refractivity contribution in [1.29, 1.82) is 0 Å². The summed E-state index contributed by atoms with van der Waals surface area (Å²) in [5.74, 6) is 0.218. The largest absolute Gasteiger partial charge is 0.367 e.